The normalized spacial score (nSPS) is 11.5. The van der Waals surface area contributed by atoms with Gasteiger partial charge in [-0.25, -0.2) is 0 Å². The Morgan fingerprint density at radius 2 is 2.06 bits per heavy atom. The highest BCUT2D eigenvalue weighted by Crippen LogP contribution is 2.40. The Hall–Kier alpha value is -1.24. The Morgan fingerprint density at radius 1 is 1.44 bits per heavy atom. The van der Waals surface area contributed by atoms with Gasteiger partial charge >= 0.3 is 6.18 Å². The van der Waals surface area contributed by atoms with Crippen molar-refractivity contribution in [3.8, 4) is 0 Å². The van der Waals surface area contributed by atoms with E-state index in [2.05, 4.69) is 0 Å². The second-order valence-electron chi connectivity index (χ2n) is 2.84. The molecule has 1 rings (SSSR count). The standard InChI is InChI=1S/C9H8F3NO2S/c1-2-16-7-5-3-4-6(9(10,11)12)8(7)13(14)15/h3-5H,2H2,1H3. The van der Waals surface area contributed by atoms with Gasteiger partial charge in [-0.15, -0.1) is 11.8 Å². The van der Waals surface area contributed by atoms with E-state index >= 15 is 0 Å². The first-order chi connectivity index (χ1) is 7.38. The van der Waals surface area contributed by atoms with Crippen LogP contribution in [-0.4, -0.2) is 10.7 Å². The van der Waals surface area contributed by atoms with E-state index in [1.54, 1.807) is 6.92 Å². The number of benzene rings is 1. The van der Waals surface area contributed by atoms with Crippen molar-refractivity contribution in [3.63, 3.8) is 0 Å². The Bertz CT molecular complexity index is 406. The van der Waals surface area contributed by atoms with Gasteiger partial charge in [0.15, 0.2) is 0 Å². The maximum Gasteiger partial charge on any atom is 0.423 e. The molecular formula is C9H8F3NO2S. The summed E-state index contributed by atoms with van der Waals surface area (Å²) in [6, 6.07) is 3.22. The van der Waals surface area contributed by atoms with E-state index in [0.29, 0.717) is 5.75 Å². The van der Waals surface area contributed by atoms with Crippen molar-refractivity contribution in [2.45, 2.75) is 18.0 Å². The fraction of sp³-hybridized carbons (Fsp3) is 0.333. The van der Waals surface area contributed by atoms with E-state index in [1.165, 1.54) is 12.1 Å². The lowest BCUT2D eigenvalue weighted by Gasteiger charge is -2.09. The lowest BCUT2D eigenvalue weighted by molar-refractivity contribution is -0.391. The number of halogens is 3. The maximum atomic E-state index is 12.5. The Labute approximate surface area is 93.8 Å². The molecule has 0 atom stereocenters. The summed E-state index contributed by atoms with van der Waals surface area (Å²) in [6.45, 7) is 1.72. The van der Waals surface area contributed by atoms with Gasteiger partial charge in [0.1, 0.15) is 5.56 Å². The summed E-state index contributed by atoms with van der Waals surface area (Å²) in [5.41, 5.74) is -2.06. The first-order valence-electron chi connectivity index (χ1n) is 4.35. The van der Waals surface area contributed by atoms with Crippen LogP contribution < -0.4 is 0 Å². The number of nitrogens with zero attached hydrogens (tertiary/aromatic N) is 1. The molecule has 16 heavy (non-hydrogen) atoms. The van der Waals surface area contributed by atoms with E-state index < -0.39 is 22.4 Å². The summed E-state index contributed by atoms with van der Waals surface area (Å²) in [4.78, 5) is 9.71. The van der Waals surface area contributed by atoms with Crippen LogP contribution in [0.3, 0.4) is 0 Å². The SMILES string of the molecule is CCSc1cccc(C(F)(F)F)c1[N+](=O)[O-]. The maximum absolute atomic E-state index is 12.5. The summed E-state index contributed by atoms with van der Waals surface area (Å²) in [7, 11) is 0. The molecule has 7 heteroatoms. The summed E-state index contributed by atoms with van der Waals surface area (Å²) in [5, 5.41) is 10.7. The number of hydrogen-bond acceptors (Lipinski definition) is 3. The molecule has 0 aliphatic heterocycles. The van der Waals surface area contributed by atoms with Gasteiger partial charge in [-0.3, -0.25) is 10.1 Å². The minimum absolute atomic E-state index is 0.0438. The van der Waals surface area contributed by atoms with Gasteiger partial charge in [0.05, 0.1) is 9.82 Å². The van der Waals surface area contributed by atoms with Crippen molar-refractivity contribution < 1.29 is 18.1 Å². The predicted octanol–water partition coefficient (Wildman–Crippen LogP) is 3.73. The van der Waals surface area contributed by atoms with Crippen LogP contribution in [-0.2, 0) is 6.18 Å². The van der Waals surface area contributed by atoms with Crippen LogP contribution in [0, 0.1) is 10.1 Å². The lowest BCUT2D eigenvalue weighted by atomic mass is 10.2. The summed E-state index contributed by atoms with van der Waals surface area (Å²) < 4.78 is 37.5. The van der Waals surface area contributed by atoms with Gasteiger partial charge in [-0.2, -0.15) is 13.2 Å². The monoisotopic (exact) mass is 251 g/mol. The summed E-state index contributed by atoms with van der Waals surface area (Å²) >= 11 is 1.02. The molecule has 88 valence electrons. The van der Waals surface area contributed by atoms with Crippen LogP contribution in [0.15, 0.2) is 23.1 Å². The average Bonchev–Trinajstić information content (AvgIpc) is 2.16. The number of thioether (sulfide) groups is 1. The van der Waals surface area contributed by atoms with Crippen LogP contribution in [0.5, 0.6) is 0 Å². The third kappa shape index (κ3) is 2.66. The molecule has 0 radical (unpaired) electrons. The topological polar surface area (TPSA) is 43.1 Å². The van der Waals surface area contributed by atoms with Gasteiger partial charge in [0, 0.05) is 0 Å². The molecular weight excluding hydrogens is 243 g/mol. The first-order valence-corrected chi connectivity index (χ1v) is 5.34. The molecule has 0 amide bonds. The van der Waals surface area contributed by atoms with E-state index in [4.69, 9.17) is 0 Å². The predicted molar refractivity (Wildman–Crippen MR) is 54.5 cm³/mol. The number of nitro groups is 1. The highest BCUT2D eigenvalue weighted by molar-refractivity contribution is 7.99. The van der Waals surface area contributed by atoms with Crippen molar-refractivity contribution in [2.75, 3.05) is 5.75 Å². The molecule has 0 heterocycles. The molecule has 0 spiro atoms. The molecule has 1 aromatic carbocycles. The van der Waals surface area contributed by atoms with Crippen LogP contribution >= 0.6 is 11.8 Å². The summed E-state index contributed by atoms with van der Waals surface area (Å²) in [6.07, 6.45) is -4.70. The largest absolute Gasteiger partial charge is 0.423 e. The second-order valence-corrected chi connectivity index (χ2v) is 4.15. The minimum Gasteiger partial charge on any atom is -0.258 e. The van der Waals surface area contributed by atoms with Crippen molar-refractivity contribution in [3.05, 3.63) is 33.9 Å². The number of rotatable bonds is 3. The molecule has 3 nitrogen and oxygen atoms in total. The molecule has 0 aliphatic carbocycles. The first kappa shape index (κ1) is 12.8. The molecule has 0 aromatic heterocycles. The van der Waals surface area contributed by atoms with Crippen LogP contribution in [0.1, 0.15) is 12.5 Å². The van der Waals surface area contributed by atoms with Crippen molar-refractivity contribution in [1.82, 2.24) is 0 Å². The highest BCUT2D eigenvalue weighted by Gasteiger charge is 2.39. The van der Waals surface area contributed by atoms with E-state index in [9.17, 15) is 23.3 Å². The van der Waals surface area contributed by atoms with Gasteiger partial charge in [0.25, 0.3) is 5.69 Å². The van der Waals surface area contributed by atoms with Crippen LogP contribution in [0.2, 0.25) is 0 Å². The number of alkyl halides is 3. The van der Waals surface area contributed by atoms with Crippen molar-refractivity contribution >= 4 is 17.4 Å². The zero-order valence-corrected chi connectivity index (χ0v) is 9.06. The Kier molecular flexibility index (Phi) is 3.79. The van der Waals surface area contributed by atoms with Gasteiger partial charge < -0.3 is 0 Å². The Morgan fingerprint density at radius 3 is 2.50 bits per heavy atom. The molecule has 0 saturated heterocycles. The molecule has 0 fully saturated rings. The number of nitro benzene ring substituents is 1. The molecule has 1 aromatic rings. The van der Waals surface area contributed by atoms with E-state index in [1.807, 2.05) is 0 Å². The highest BCUT2D eigenvalue weighted by atomic mass is 32.2. The van der Waals surface area contributed by atoms with Gasteiger partial charge in [-0.05, 0) is 17.9 Å². The number of hydrogen-bond donors (Lipinski definition) is 0. The lowest BCUT2D eigenvalue weighted by Crippen LogP contribution is -2.09. The summed E-state index contributed by atoms with van der Waals surface area (Å²) in [5.74, 6) is 0.474. The number of para-hydroxylation sites is 1. The van der Waals surface area contributed by atoms with Crippen LogP contribution in [0.4, 0.5) is 18.9 Å². The van der Waals surface area contributed by atoms with Crippen LogP contribution in [0.25, 0.3) is 0 Å². The molecule has 0 unspecified atom stereocenters. The van der Waals surface area contributed by atoms with E-state index in [0.717, 1.165) is 17.8 Å². The molecule has 0 N–H and O–H groups in total. The zero-order chi connectivity index (χ0) is 12.3. The van der Waals surface area contributed by atoms with Crippen molar-refractivity contribution in [1.29, 1.82) is 0 Å². The molecule has 0 aliphatic rings. The third-order valence-electron chi connectivity index (χ3n) is 1.79. The third-order valence-corrected chi connectivity index (χ3v) is 2.72. The van der Waals surface area contributed by atoms with E-state index in [-0.39, 0.29) is 4.90 Å². The fourth-order valence-corrected chi connectivity index (χ4v) is 2.02. The minimum atomic E-state index is -4.70. The second kappa shape index (κ2) is 4.73. The average molecular weight is 251 g/mol. The quantitative estimate of drug-likeness (QED) is 0.467. The Balaban J connectivity index is 3.39. The fourth-order valence-electron chi connectivity index (χ4n) is 1.21. The smallest absolute Gasteiger partial charge is 0.258 e. The van der Waals surface area contributed by atoms with Crippen molar-refractivity contribution in [2.24, 2.45) is 0 Å². The van der Waals surface area contributed by atoms with Gasteiger partial charge in [0.2, 0.25) is 0 Å². The molecule has 0 saturated carbocycles. The zero-order valence-electron chi connectivity index (χ0n) is 8.25. The molecule has 0 bridgehead atoms. The van der Waals surface area contributed by atoms with Gasteiger partial charge in [-0.1, -0.05) is 13.0 Å².